The van der Waals surface area contributed by atoms with E-state index in [1.807, 2.05) is 11.8 Å². The Balaban J connectivity index is 1.70. The van der Waals surface area contributed by atoms with E-state index >= 15 is 0 Å². The third kappa shape index (κ3) is 4.41. The molecule has 2 atom stereocenters. The SMILES string of the molecule is CCc1[nH]c(C(=O)N[C@@H]2CCN(c3nc(C=O)c(C(=O)O)s3)C[C@@H]2OC)nc1Cl. The van der Waals surface area contributed by atoms with Crippen LogP contribution in [-0.2, 0) is 11.2 Å². The van der Waals surface area contributed by atoms with Crippen molar-refractivity contribution in [1.29, 1.82) is 0 Å². The van der Waals surface area contributed by atoms with E-state index in [1.54, 1.807) is 0 Å². The van der Waals surface area contributed by atoms with Gasteiger partial charge in [-0.2, -0.15) is 0 Å². The minimum atomic E-state index is -1.19. The molecule has 0 bridgehead atoms. The molecular weight excluding hydrogens is 422 g/mol. The third-order valence-corrected chi connectivity index (χ3v) is 6.13. The number of anilines is 1. The van der Waals surface area contributed by atoms with Gasteiger partial charge in [-0.25, -0.2) is 14.8 Å². The predicted octanol–water partition coefficient (Wildman–Crippen LogP) is 1.62. The van der Waals surface area contributed by atoms with Gasteiger partial charge in [0.25, 0.3) is 5.91 Å². The zero-order valence-corrected chi connectivity index (χ0v) is 17.3. The van der Waals surface area contributed by atoms with Crippen LogP contribution in [0.4, 0.5) is 5.13 Å². The van der Waals surface area contributed by atoms with Gasteiger partial charge in [-0.1, -0.05) is 29.9 Å². The van der Waals surface area contributed by atoms with Gasteiger partial charge in [-0.3, -0.25) is 9.59 Å². The number of amides is 1. The Morgan fingerprint density at radius 2 is 2.24 bits per heavy atom. The number of nitrogens with one attached hydrogen (secondary N) is 2. The Hall–Kier alpha value is -2.50. The van der Waals surface area contributed by atoms with E-state index in [0.717, 1.165) is 11.3 Å². The number of carbonyl (C=O) groups excluding carboxylic acids is 2. The number of piperidine rings is 1. The standard InChI is InChI=1S/C17H20ClN5O5S/c1-3-8-13(18)22-14(19-8)15(25)20-9-4-5-23(6-11(9)28-2)17-21-10(7-24)12(29-17)16(26)27/h7,9,11H,3-6H2,1-2H3,(H,19,22)(H,20,25)(H,26,27)/t9-,11+/m1/s1. The number of aryl methyl sites for hydroxylation is 1. The highest BCUT2D eigenvalue weighted by Crippen LogP contribution is 2.29. The normalized spacial score (nSPS) is 19.2. The zero-order chi connectivity index (χ0) is 21.1. The number of aldehydes is 1. The summed E-state index contributed by atoms with van der Waals surface area (Å²) in [6.07, 6.45) is 1.24. The molecule has 1 amide bonds. The van der Waals surface area contributed by atoms with Gasteiger partial charge in [0, 0.05) is 20.2 Å². The zero-order valence-electron chi connectivity index (χ0n) is 15.8. The Bertz CT molecular complexity index is 929. The number of carboxylic acid groups (broad SMARTS) is 1. The van der Waals surface area contributed by atoms with Crippen LogP contribution in [0.15, 0.2) is 0 Å². The number of rotatable bonds is 7. The Morgan fingerprint density at radius 3 is 2.79 bits per heavy atom. The van der Waals surface area contributed by atoms with Crippen LogP contribution in [0.25, 0.3) is 0 Å². The van der Waals surface area contributed by atoms with Gasteiger partial charge in [0.1, 0.15) is 10.6 Å². The van der Waals surface area contributed by atoms with E-state index in [4.69, 9.17) is 16.3 Å². The Morgan fingerprint density at radius 1 is 1.48 bits per heavy atom. The van der Waals surface area contributed by atoms with E-state index < -0.39 is 5.97 Å². The Kier molecular flexibility index (Phi) is 6.50. The van der Waals surface area contributed by atoms with Crippen LogP contribution >= 0.6 is 22.9 Å². The molecule has 29 heavy (non-hydrogen) atoms. The molecule has 10 nitrogen and oxygen atoms in total. The second kappa shape index (κ2) is 8.89. The molecule has 0 radical (unpaired) electrons. The minimum Gasteiger partial charge on any atom is -0.477 e. The number of hydrogen-bond acceptors (Lipinski definition) is 8. The molecule has 0 aliphatic carbocycles. The highest BCUT2D eigenvalue weighted by Gasteiger charge is 2.33. The monoisotopic (exact) mass is 441 g/mol. The van der Waals surface area contributed by atoms with Gasteiger partial charge in [-0.05, 0) is 12.8 Å². The molecule has 2 aromatic heterocycles. The first-order chi connectivity index (χ1) is 13.9. The first-order valence-corrected chi connectivity index (χ1v) is 10.1. The molecule has 1 fully saturated rings. The smallest absolute Gasteiger partial charge is 0.348 e. The van der Waals surface area contributed by atoms with E-state index in [1.165, 1.54) is 7.11 Å². The summed E-state index contributed by atoms with van der Waals surface area (Å²) in [5.74, 6) is -1.42. The second-order valence-corrected chi connectivity index (χ2v) is 7.77. The van der Waals surface area contributed by atoms with Crippen molar-refractivity contribution in [3.63, 3.8) is 0 Å². The van der Waals surface area contributed by atoms with Crippen molar-refractivity contribution in [3.05, 3.63) is 27.2 Å². The van der Waals surface area contributed by atoms with Crippen molar-refractivity contribution in [2.45, 2.75) is 31.9 Å². The molecular formula is C17H20ClN5O5S. The summed E-state index contributed by atoms with van der Waals surface area (Å²) in [7, 11) is 1.54. The number of imidazole rings is 1. The highest BCUT2D eigenvalue weighted by atomic mass is 35.5. The molecule has 156 valence electrons. The summed E-state index contributed by atoms with van der Waals surface area (Å²) in [4.78, 5) is 47.7. The summed E-state index contributed by atoms with van der Waals surface area (Å²) in [5.41, 5.74) is 0.599. The molecule has 3 heterocycles. The minimum absolute atomic E-state index is 0.0941. The number of thiazole rings is 1. The fraction of sp³-hybridized carbons (Fsp3) is 0.471. The molecule has 2 aromatic rings. The van der Waals surface area contributed by atoms with Crippen molar-refractivity contribution in [2.24, 2.45) is 0 Å². The lowest BCUT2D eigenvalue weighted by atomic mass is 10.0. The van der Waals surface area contributed by atoms with Crippen LogP contribution in [0.1, 0.15) is 49.8 Å². The molecule has 0 unspecified atom stereocenters. The molecule has 0 aromatic carbocycles. The highest BCUT2D eigenvalue weighted by molar-refractivity contribution is 7.17. The number of hydrogen-bond donors (Lipinski definition) is 3. The van der Waals surface area contributed by atoms with Crippen molar-refractivity contribution in [2.75, 3.05) is 25.1 Å². The van der Waals surface area contributed by atoms with Gasteiger partial charge in [-0.15, -0.1) is 0 Å². The molecule has 3 N–H and O–H groups in total. The maximum atomic E-state index is 12.5. The molecule has 12 heteroatoms. The Labute approximate surface area is 175 Å². The lowest BCUT2D eigenvalue weighted by Gasteiger charge is -2.37. The van der Waals surface area contributed by atoms with Crippen LogP contribution in [-0.4, -0.2) is 70.6 Å². The molecule has 0 saturated carbocycles. The van der Waals surface area contributed by atoms with Gasteiger partial charge in [0.15, 0.2) is 22.4 Å². The third-order valence-electron chi connectivity index (χ3n) is 4.69. The van der Waals surface area contributed by atoms with Gasteiger partial charge < -0.3 is 25.0 Å². The number of carboxylic acids is 1. The number of carbonyl (C=O) groups is 3. The lowest BCUT2D eigenvalue weighted by Crippen LogP contribution is -2.55. The second-order valence-electron chi connectivity index (χ2n) is 6.43. The summed E-state index contributed by atoms with van der Waals surface area (Å²) in [6.45, 7) is 2.79. The van der Waals surface area contributed by atoms with Crippen LogP contribution < -0.4 is 10.2 Å². The van der Waals surface area contributed by atoms with E-state index in [2.05, 4.69) is 20.3 Å². The number of nitrogens with zero attached hydrogens (tertiary/aromatic N) is 3. The summed E-state index contributed by atoms with van der Waals surface area (Å²) >= 11 is 6.94. The number of H-pyrrole nitrogens is 1. The van der Waals surface area contributed by atoms with Crippen molar-refractivity contribution >= 4 is 46.2 Å². The number of methoxy groups -OCH3 is 1. The van der Waals surface area contributed by atoms with Crippen LogP contribution in [0, 0.1) is 0 Å². The molecule has 0 spiro atoms. The molecule has 1 aliphatic rings. The maximum Gasteiger partial charge on any atom is 0.348 e. The number of aromatic amines is 1. The first kappa shape index (κ1) is 21.2. The largest absolute Gasteiger partial charge is 0.477 e. The number of ether oxygens (including phenoxy) is 1. The van der Waals surface area contributed by atoms with Crippen LogP contribution in [0.5, 0.6) is 0 Å². The van der Waals surface area contributed by atoms with E-state index in [-0.39, 0.29) is 39.6 Å². The summed E-state index contributed by atoms with van der Waals surface area (Å²) < 4.78 is 5.53. The fourth-order valence-electron chi connectivity index (χ4n) is 3.15. The average Bonchev–Trinajstić information content (AvgIpc) is 3.31. The van der Waals surface area contributed by atoms with Crippen molar-refractivity contribution in [3.8, 4) is 0 Å². The lowest BCUT2D eigenvalue weighted by molar-refractivity contribution is 0.0538. The number of aromatic carboxylic acids is 1. The van der Waals surface area contributed by atoms with Gasteiger partial charge in [0.2, 0.25) is 0 Å². The van der Waals surface area contributed by atoms with Crippen molar-refractivity contribution < 1.29 is 24.2 Å². The topological polar surface area (TPSA) is 138 Å². The fourth-order valence-corrected chi connectivity index (χ4v) is 4.32. The molecule has 3 rings (SSSR count). The van der Waals surface area contributed by atoms with Gasteiger partial charge >= 0.3 is 5.97 Å². The number of halogens is 1. The van der Waals surface area contributed by atoms with Crippen LogP contribution in [0.2, 0.25) is 5.15 Å². The maximum absolute atomic E-state index is 12.5. The van der Waals surface area contributed by atoms with Crippen LogP contribution in [0.3, 0.4) is 0 Å². The molecule has 1 saturated heterocycles. The first-order valence-electron chi connectivity index (χ1n) is 8.90. The number of aromatic nitrogens is 3. The quantitative estimate of drug-likeness (QED) is 0.551. The molecule has 1 aliphatic heterocycles. The summed E-state index contributed by atoms with van der Waals surface area (Å²) in [6, 6.07) is -0.276. The van der Waals surface area contributed by atoms with E-state index in [0.29, 0.717) is 43.0 Å². The predicted molar refractivity (Wildman–Crippen MR) is 106 cm³/mol. The van der Waals surface area contributed by atoms with E-state index in [9.17, 15) is 19.5 Å². The van der Waals surface area contributed by atoms with Crippen molar-refractivity contribution in [1.82, 2.24) is 20.3 Å². The summed E-state index contributed by atoms with van der Waals surface area (Å²) in [5, 5.41) is 12.8. The van der Waals surface area contributed by atoms with Gasteiger partial charge in [0.05, 0.1) is 17.8 Å². The average molecular weight is 442 g/mol.